The Labute approximate surface area is 154 Å². The number of hydrogen-bond donors (Lipinski definition) is 1. The fourth-order valence-corrected chi connectivity index (χ4v) is 4.49. The number of amides is 1. The molecule has 0 saturated carbocycles. The predicted octanol–water partition coefficient (Wildman–Crippen LogP) is 3.30. The molecule has 0 aliphatic carbocycles. The van der Waals surface area contributed by atoms with Crippen molar-refractivity contribution in [2.24, 2.45) is 0 Å². The molecule has 1 atom stereocenters. The van der Waals surface area contributed by atoms with Gasteiger partial charge in [-0.2, -0.15) is 0 Å². The summed E-state index contributed by atoms with van der Waals surface area (Å²) in [5, 5.41) is 4.10. The lowest BCUT2D eigenvalue weighted by molar-refractivity contribution is -0.120. The van der Waals surface area contributed by atoms with Crippen molar-refractivity contribution in [3.05, 3.63) is 51.5 Å². The summed E-state index contributed by atoms with van der Waals surface area (Å²) in [6.07, 6.45) is 2.94. The number of nitrogens with zero attached hydrogens (tertiary/aromatic N) is 2. The number of aromatic nitrogens is 1. The van der Waals surface area contributed by atoms with E-state index in [-0.39, 0.29) is 5.91 Å². The SMILES string of the molecule is Cc1nc(C)c(CC(=O)NCCN2CCCC(c3ccccc3)C2)s1. The Kier molecular flexibility index (Phi) is 6.21. The number of hydrogen-bond acceptors (Lipinski definition) is 4. The minimum absolute atomic E-state index is 0.100. The normalized spacial score (nSPS) is 18.2. The van der Waals surface area contributed by atoms with Crippen molar-refractivity contribution in [3.8, 4) is 0 Å². The number of benzene rings is 1. The molecule has 2 heterocycles. The van der Waals surface area contributed by atoms with Gasteiger partial charge in [-0.25, -0.2) is 4.98 Å². The van der Waals surface area contributed by atoms with E-state index in [1.54, 1.807) is 11.3 Å². The fourth-order valence-electron chi connectivity index (χ4n) is 3.56. The van der Waals surface area contributed by atoms with Gasteiger partial charge in [0.05, 0.1) is 17.1 Å². The summed E-state index contributed by atoms with van der Waals surface area (Å²) < 4.78 is 0. The molecule has 5 heteroatoms. The van der Waals surface area contributed by atoms with Gasteiger partial charge in [0, 0.05) is 24.5 Å². The van der Waals surface area contributed by atoms with Crippen LogP contribution in [0.1, 0.15) is 39.9 Å². The van der Waals surface area contributed by atoms with Crippen molar-refractivity contribution < 1.29 is 4.79 Å². The molecule has 134 valence electrons. The molecule has 0 radical (unpaired) electrons. The van der Waals surface area contributed by atoms with E-state index in [1.165, 1.54) is 18.4 Å². The Morgan fingerprint density at radius 2 is 2.12 bits per heavy atom. The minimum atomic E-state index is 0.100. The average molecular weight is 358 g/mol. The second-order valence-corrected chi connectivity index (χ2v) is 8.11. The van der Waals surface area contributed by atoms with Crippen LogP contribution in [0.2, 0.25) is 0 Å². The van der Waals surface area contributed by atoms with Crippen molar-refractivity contribution >= 4 is 17.2 Å². The number of rotatable bonds is 6. The molecule has 1 amide bonds. The van der Waals surface area contributed by atoms with Crippen molar-refractivity contribution in [1.82, 2.24) is 15.2 Å². The Balaban J connectivity index is 1.42. The van der Waals surface area contributed by atoms with Crippen molar-refractivity contribution in [3.63, 3.8) is 0 Å². The summed E-state index contributed by atoms with van der Waals surface area (Å²) in [4.78, 5) is 20.1. The van der Waals surface area contributed by atoms with Crippen LogP contribution >= 0.6 is 11.3 Å². The van der Waals surface area contributed by atoms with Crippen molar-refractivity contribution in [2.75, 3.05) is 26.2 Å². The quantitative estimate of drug-likeness (QED) is 0.863. The van der Waals surface area contributed by atoms with Gasteiger partial charge in [0.25, 0.3) is 0 Å². The predicted molar refractivity (Wildman–Crippen MR) is 103 cm³/mol. The second-order valence-electron chi connectivity index (χ2n) is 6.82. The van der Waals surface area contributed by atoms with E-state index in [0.717, 1.165) is 41.8 Å². The van der Waals surface area contributed by atoms with Gasteiger partial charge in [0.1, 0.15) is 0 Å². The molecule has 2 aromatic rings. The van der Waals surface area contributed by atoms with E-state index in [4.69, 9.17) is 0 Å². The Bertz CT molecular complexity index is 698. The molecule has 1 aromatic heterocycles. The van der Waals surface area contributed by atoms with Crippen LogP contribution in [0.4, 0.5) is 0 Å². The number of likely N-dealkylation sites (tertiary alicyclic amines) is 1. The van der Waals surface area contributed by atoms with Crippen LogP contribution in [0, 0.1) is 13.8 Å². The first-order valence-corrected chi connectivity index (χ1v) is 9.90. The maximum Gasteiger partial charge on any atom is 0.225 e. The topological polar surface area (TPSA) is 45.2 Å². The summed E-state index contributed by atoms with van der Waals surface area (Å²) >= 11 is 1.62. The van der Waals surface area contributed by atoms with E-state index in [1.807, 2.05) is 13.8 Å². The first kappa shape index (κ1) is 18.1. The molecule has 1 N–H and O–H groups in total. The lowest BCUT2D eigenvalue weighted by atomic mass is 9.91. The lowest BCUT2D eigenvalue weighted by Gasteiger charge is -2.33. The summed E-state index contributed by atoms with van der Waals surface area (Å²) in [6.45, 7) is 7.83. The van der Waals surface area contributed by atoms with Crippen LogP contribution in [-0.4, -0.2) is 42.0 Å². The molecule has 0 bridgehead atoms. The number of piperidine rings is 1. The van der Waals surface area contributed by atoms with Gasteiger partial charge in [0.15, 0.2) is 0 Å². The molecule has 25 heavy (non-hydrogen) atoms. The third-order valence-corrected chi connectivity index (χ3v) is 5.92. The highest BCUT2D eigenvalue weighted by Crippen LogP contribution is 2.26. The number of carbonyl (C=O) groups excluding carboxylic acids is 1. The number of aryl methyl sites for hydroxylation is 2. The van der Waals surface area contributed by atoms with Gasteiger partial charge < -0.3 is 10.2 Å². The maximum absolute atomic E-state index is 12.2. The van der Waals surface area contributed by atoms with Gasteiger partial charge in [-0.15, -0.1) is 11.3 Å². The molecular formula is C20H27N3OS. The van der Waals surface area contributed by atoms with Gasteiger partial charge >= 0.3 is 0 Å². The van der Waals surface area contributed by atoms with Gasteiger partial charge in [0.2, 0.25) is 5.91 Å². The molecule has 1 saturated heterocycles. The first-order valence-electron chi connectivity index (χ1n) is 9.08. The zero-order valence-electron chi connectivity index (χ0n) is 15.1. The number of carbonyl (C=O) groups is 1. The van der Waals surface area contributed by atoms with E-state index in [2.05, 4.69) is 45.5 Å². The van der Waals surface area contributed by atoms with Crippen molar-refractivity contribution in [1.29, 1.82) is 0 Å². The average Bonchev–Trinajstić information content (AvgIpc) is 2.93. The number of thiazole rings is 1. The summed E-state index contributed by atoms with van der Waals surface area (Å²) in [5.41, 5.74) is 2.42. The molecule has 4 nitrogen and oxygen atoms in total. The molecule has 1 aliphatic heterocycles. The van der Waals surface area contributed by atoms with Gasteiger partial charge in [-0.1, -0.05) is 30.3 Å². The highest BCUT2D eigenvalue weighted by atomic mass is 32.1. The summed E-state index contributed by atoms with van der Waals surface area (Å²) in [6, 6.07) is 10.8. The fraction of sp³-hybridized carbons (Fsp3) is 0.500. The highest BCUT2D eigenvalue weighted by Gasteiger charge is 2.21. The minimum Gasteiger partial charge on any atom is -0.355 e. The molecule has 1 aromatic carbocycles. The summed E-state index contributed by atoms with van der Waals surface area (Å²) in [7, 11) is 0. The molecular weight excluding hydrogens is 330 g/mol. The molecule has 1 fully saturated rings. The standard InChI is InChI=1S/C20H27N3OS/c1-15-19(25-16(2)22-15)13-20(24)21-10-12-23-11-6-9-18(14-23)17-7-4-3-5-8-17/h3-5,7-8,18H,6,9-14H2,1-2H3,(H,21,24). The first-order chi connectivity index (χ1) is 12.1. The lowest BCUT2D eigenvalue weighted by Crippen LogP contribution is -2.40. The second kappa shape index (κ2) is 8.59. The smallest absolute Gasteiger partial charge is 0.225 e. The van der Waals surface area contributed by atoms with Crippen LogP contribution in [0.15, 0.2) is 30.3 Å². The van der Waals surface area contributed by atoms with Crippen LogP contribution in [0.5, 0.6) is 0 Å². The van der Waals surface area contributed by atoms with E-state index >= 15 is 0 Å². The largest absolute Gasteiger partial charge is 0.355 e. The highest BCUT2D eigenvalue weighted by molar-refractivity contribution is 7.11. The molecule has 3 rings (SSSR count). The zero-order valence-corrected chi connectivity index (χ0v) is 15.9. The van der Waals surface area contributed by atoms with Gasteiger partial charge in [-0.3, -0.25) is 4.79 Å². The summed E-state index contributed by atoms with van der Waals surface area (Å²) in [5.74, 6) is 0.719. The monoisotopic (exact) mass is 357 g/mol. The molecule has 1 aliphatic rings. The van der Waals surface area contributed by atoms with Gasteiger partial charge in [-0.05, 0) is 44.7 Å². The zero-order chi connectivity index (χ0) is 17.6. The third-order valence-electron chi connectivity index (χ3n) is 4.85. The van der Waals surface area contributed by atoms with Crippen LogP contribution in [0.3, 0.4) is 0 Å². The van der Waals surface area contributed by atoms with E-state index in [9.17, 15) is 4.79 Å². The van der Waals surface area contributed by atoms with E-state index in [0.29, 0.717) is 12.3 Å². The maximum atomic E-state index is 12.2. The molecule has 0 spiro atoms. The van der Waals surface area contributed by atoms with Crippen LogP contribution < -0.4 is 5.32 Å². The Morgan fingerprint density at radius 1 is 1.32 bits per heavy atom. The van der Waals surface area contributed by atoms with Crippen molar-refractivity contribution in [2.45, 2.75) is 39.0 Å². The Morgan fingerprint density at radius 3 is 2.84 bits per heavy atom. The number of nitrogens with one attached hydrogen (secondary N) is 1. The third kappa shape index (κ3) is 5.13. The molecule has 1 unspecified atom stereocenters. The Hall–Kier alpha value is -1.72. The van der Waals surface area contributed by atoms with Crippen LogP contribution in [-0.2, 0) is 11.2 Å². The van der Waals surface area contributed by atoms with E-state index < -0.39 is 0 Å². The van der Waals surface area contributed by atoms with Crippen LogP contribution in [0.25, 0.3) is 0 Å².